The average Bonchev–Trinajstić information content (AvgIpc) is 3.34. The Hall–Kier alpha value is -1.94. The molecule has 0 radical (unpaired) electrons. The number of anilines is 1. The molecule has 1 N–H and O–H groups in total. The molecule has 7 nitrogen and oxygen atoms in total. The van der Waals surface area contributed by atoms with Crippen molar-refractivity contribution < 1.29 is 17.6 Å². The Kier molecular flexibility index (Phi) is 4.47. The summed E-state index contributed by atoms with van der Waals surface area (Å²) in [5, 5.41) is 3.11. The second kappa shape index (κ2) is 6.66. The van der Waals surface area contributed by atoms with E-state index < -0.39 is 15.9 Å². The maximum Gasteiger partial charge on any atom is 0.293 e. The van der Waals surface area contributed by atoms with Crippen molar-refractivity contribution in [3.63, 3.8) is 0 Å². The van der Waals surface area contributed by atoms with Crippen molar-refractivity contribution in [1.29, 1.82) is 0 Å². The summed E-state index contributed by atoms with van der Waals surface area (Å²) in [5.74, 6) is -0.396. The van der Waals surface area contributed by atoms with Crippen molar-refractivity contribution in [2.45, 2.75) is 17.7 Å². The lowest BCUT2D eigenvalue weighted by Crippen LogP contribution is -2.27. The Bertz CT molecular complexity index is 1080. The van der Waals surface area contributed by atoms with Crippen LogP contribution in [0.2, 0.25) is 5.22 Å². The van der Waals surface area contributed by atoms with E-state index in [9.17, 15) is 13.2 Å². The molecule has 2 aromatic heterocycles. The molecule has 1 saturated heterocycles. The lowest BCUT2D eigenvalue weighted by Gasteiger charge is -2.15. The lowest BCUT2D eigenvalue weighted by molar-refractivity contribution is 0.0997. The summed E-state index contributed by atoms with van der Waals surface area (Å²) in [6.07, 6.45) is 1.77. The van der Waals surface area contributed by atoms with Gasteiger partial charge in [0.05, 0.1) is 15.1 Å². The van der Waals surface area contributed by atoms with Crippen molar-refractivity contribution in [3.8, 4) is 0 Å². The zero-order chi connectivity index (χ0) is 18.3. The molecule has 0 unspecified atom stereocenters. The Labute approximate surface area is 158 Å². The minimum Gasteiger partial charge on any atom is -0.440 e. The number of amides is 1. The Balaban J connectivity index is 1.60. The van der Waals surface area contributed by atoms with Gasteiger partial charge in [0.2, 0.25) is 10.0 Å². The smallest absolute Gasteiger partial charge is 0.293 e. The standard InChI is InChI=1S/C16H14ClN3O4S2/c17-14-6-5-12(24-14)15(21)19-16-18-11-4-3-10(9-13(11)25-16)26(22,23)20-7-1-2-8-20/h3-6,9H,1-2,7-8H2,(H,18,19,21). The van der Waals surface area contributed by atoms with Crippen LogP contribution in [0.3, 0.4) is 0 Å². The number of thiazole rings is 1. The number of rotatable bonds is 4. The molecule has 1 aliphatic heterocycles. The zero-order valence-corrected chi connectivity index (χ0v) is 15.8. The van der Waals surface area contributed by atoms with Crippen LogP contribution in [0.5, 0.6) is 0 Å². The number of hydrogen-bond donors (Lipinski definition) is 1. The summed E-state index contributed by atoms with van der Waals surface area (Å²) >= 11 is 6.86. The van der Waals surface area contributed by atoms with E-state index in [2.05, 4.69) is 10.3 Å². The van der Waals surface area contributed by atoms with E-state index in [4.69, 9.17) is 16.0 Å². The third-order valence-electron chi connectivity index (χ3n) is 4.08. The second-order valence-corrected chi connectivity index (χ2v) is 9.16. The molecule has 0 atom stereocenters. The molecule has 26 heavy (non-hydrogen) atoms. The molecule has 1 aromatic carbocycles. The van der Waals surface area contributed by atoms with Gasteiger partial charge in [-0.1, -0.05) is 11.3 Å². The van der Waals surface area contributed by atoms with E-state index in [0.717, 1.165) is 12.8 Å². The third-order valence-corrected chi connectivity index (χ3v) is 7.11. The molecule has 10 heteroatoms. The van der Waals surface area contributed by atoms with Crippen LogP contribution in [0.15, 0.2) is 39.6 Å². The van der Waals surface area contributed by atoms with Crippen LogP contribution < -0.4 is 5.32 Å². The van der Waals surface area contributed by atoms with Crippen molar-refractivity contribution in [2.24, 2.45) is 0 Å². The summed E-state index contributed by atoms with van der Waals surface area (Å²) in [5.41, 5.74) is 0.614. The molecule has 0 saturated carbocycles. The first kappa shape index (κ1) is 17.5. The highest BCUT2D eigenvalue weighted by molar-refractivity contribution is 7.89. The summed E-state index contributed by atoms with van der Waals surface area (Å²) in [4.78, 5) is 16.7. The molecule has 0 aliphatic carbocycles. The molecule has 1 fully saturated rings. The Morgan fingerprint density at radius 3 is 2.69 bits per heavy atom. The highest BCUT2D eigenvalue weighted by atomic mass is 35.5. The minimum atomic E-state index is -3.49. The van der Waals surface area contributed by atoms with Crippen LogP contribution in [-0.2, 0) is 10.0 Å². The number of carbonyl (C=O) groups is 1. The molecule has 136 valence electrons. The van der Waals surface area contributed by atoms with Crippen LogP contribution in [-0.4, -0.2) is 36.7 Å². The topological polar surface area (TPSA) is 92.5 Å². The van der Waals surface area contributed by atoms with Gasteiger partial charge in [0.25, 0.3) is 5.91 Å². The Morgan fingerprint density at radius 1 is 1.23 bits per heavy atom. The predicted molar refractivity (Wildman–Crippen MR) is 99.3 cm³/mol. The van der Waals surface area contributed by atoms with Gasteiger partial charge in [0, 0.05) is 13.1 Å². The number of nitrogens with zero attached hydrogens (tertiary/aromatic N) is 2. The lowest BCUT2D eigenvalue weighted by atomic mass is 10.3. The normalized spacial score (nSPS) is 15.6. The minimum absolute atomic E-state index is 0.0755. The number of nitrogens with one attached hydrogen (secondary N) is 1. The molecule has 1 aliphatic rings. The van der Waals surface area contributed by atoms with Gasteiger partial charge < -0.3 is 4.42 Å². The van der Waals surface area contributed by atoms with Gasteiger partial charge in [-0.3, -0.25) is 10.1 Å². The third kappa shape index (κ3) is 3.23. The van der Waals surface area contributed by atoms with Gasteiger partial charge in [-0.2, -0.15) is 4.31 Å². The molecule has 0 spiro atoms. The number of halogens is 1. The monoisotopic (exact) mass is 411 g/mol. The van der Waals surface area contributed by atoms with Crippen molar-refractivity contribution in [1.82, 2.24) is 9.29 Å². The van der Waals surface area contributed by atoms with E-state index >= 15 is 0 Å². The first-order chi connectivity index (χ1) is 12.4. The SMILES string of the molecule is O=C(Nc1nc2ccc(S(=O)(=O)N3CCCC3)cc2s1)c1ccc(Cl)o1. The molecular formula is C16H14ClN3O4S2. The summed E-state index contributed by atoms with van der Waals surface area (Å²) in [7, 11) is -3.49. The number of hydrogen-bond acceptors (Lipinski definition) is 6. The van der Waals surface area contributed by atoms with Gasteiger partial charge in [-0.05, 0) is 54.8 Å². The van der Waals surface area contributed by atoms with Gasteiger partial charge in [-0.15, -0.1) is 0 Å². The number of aromatic nitrogens is 1. The van der Waals surface area contributed by atoms with E-state index in [1.165, 1.54) is 27.8 Å². The van der Waals surface area contributed by atoms with E-state index in [0.29, 0.717) is 28.4 Å². The first-order valence-electron chi connectivity index (χ1n) is 7.91. The van der Waals surface area contributed by atoms with Gasteiger partial charge >= 0.3 is 0 Å². The second-order valence-electron chi connectivity index (χ2n) is 5.82. The fourth-order valence-corrected chi connectivity index (χ4v) is 5.46. The molecule has 3 heterocycles. The average molecular weight is 412 g/mol. The number of fused-ring (bicyclic) bond motifs is 1. The molecule has 1 amide bonds. The number of sulfonamides is 1. The van der Waals surface area contributed by atoms with Crippen LogP contribution in [0.25, 0.3) is 10.2 Å². The molecule has 0 bridgehead atoms. The fraction of sp³-hybridized carbons (Fsp3) is 0.250. The van der Waals surface area contributed by atoms with Crippen molar-refractivity contribution in [2.75, 3.05) is 18.4 Å². The predicted octanol–water partition coefficient (Wildman–Crippen LogP) is 3.58. The van der Waals surface area contributed by atoms with E-state index in [1.807, 2.05) is 0 Å². The van der Waals surface area contributed by atoms with Crippen LogP contribution >= 0.6 is 22.9 Å². The van der Waals surface area contributed by atoms with Crippen LogP contribution in [0.4, 0.5) is 5.13 Å². The summed E-state index contributed by atoms with van der Waals surface area (Å²) in [6, 6.07) is 7.73. The molecule has 3 aromatic rings. The maximum atomic E-state index is 12.7. The first-order valence-corrected chi connectivity index (χ1v) is 10.5. The number of carbonyl (C=O) groups excluding carboxylic acids is 1. The van der Waals surface area contributed by atoms with Crippen LogP contribution in [0.1, 0.15) is 23.4 Å². The zero-order valence-electron chi connectivity index (χ0n) is 13.4. The number of benzene rings is 1. The summed E-state index contributed by atoms with van der Waals surface area (Å²) in [6.45, 7) is 1.10. The fourth-order valence-electron chi connectivity index (χ4n) is 2.79. The quantitative estimate of drug-likeness (QED) is 0.708. The number of furan rings is 1. The van der Waals surface area contributed by atoms with E-state index in [1.54, 1.807) is 18.2 Å². The van der Waals surface area contributed by atoms with Crippen LogP contribution in [0, 0.1) is 0 Å². The largest absolute Gasteiger partial charge is 0.440 e. The van der Waals surface area contributed by atoms with Gasteiger partial charge in [0.1, 0.15) is 0 Å². The molecule has 4 rings (SSSR count). The molecular weight excluding hydrogens is 398 g/mol. The summed E-state index contributed by atoms with van der Waals surface area (Å²) < 4.78 is 32.6. The maximum absolute atomic E-state index is 12.7. The highest BCUT2D eigenvalue weighted by Gasteiger charge is 2.27. The van der Waals surface area contributed by atoms with Crippen molar-refractivity contribution >= 4 is 54.2 Å². The van der Waals surface area contributed by atoms with Crippen molar-refractivity contribution in [3.05, 3.63) is 41.3 Å². The van der Waals surface area contributed by atoms with Gasteiger partial charge in [0.15, 0.2) is 16.1 Å². The Morgan fingerprint density at radius 2 is 2.00 bits per heavy atom. The van der Waals surface area contributed by atoms with Gasteiger partial charge in [-0.25, -0.2) is 13.4 Å². The van der Waals surface area contributed by atoms with E-state index in [-0.39, 0.29) is 15.9 Å². The highest BCUT2D eigenvalue weighted by Crippen LogP contribution is 2.30.